The molecule has 0 saturated heterocycles. The Balaban J connectivity index is 2.83. The standard InChI is InChI=1S/C10H11FO2/c1-2-5-13-10-6-8(7-12)3-4-9(10)11/h2-4,6,12H,1,5,7H2. The van der Waals surface area contributed by atoms with Gasteiger partial charge in [-0.15, -0.1) is 0 Å². The van der Waals surface area contributed by atoms with Crippen LogP contribution in [0.25, 0.3) is 0 Å². The first-order valence-electron chi connectivity index (χ1n) is 3.91. The molecule has 0 unspecified atom stereocenters. The van der Waals surface area contributed by atoms with E-state index < -0.39 is 5.82 Å². The fourth-order valence-electron chi connectivity index (χ4n) is 0.905. The zero-order chi connectivity index (χ0) is 9.68. The van der Waals surface area contributed by atoms with Crippen LogP contribution in [0.4, 0.5) is 4.39 Å². The first-order valence-corrected chi connectivity index (χ1v) is 3.91. The maximum Gasteiger partial charge on any atom is 0.165 e. The Morgan fingerprint density at radius 1 is 1.54 bits per heavy atom. The summed E-state index contributed by atoms with van der Waals surface area (Å²) in [5.74, 6) is -0.287. The molecule has 0 saturated carbocycles. The summed E-state index contributed by atoms with van der Waals surface area (Å²) in [5.41, 5.74) is 0.625. The molecule has 0 aromatic heterocycles. The fourth-order valence-corrected chi connectivity index (χ4v) is 0.905. The molecule has 13 heavy (non-hydrogen) atoms. The van der Waals surface area contributed by atoms with E-state index in [1.165, 1.54) is 24.3 Å². The van der Waals surface area contributed by atoms with Crippen LogP contribution in [-0.4, -0.2) is 11.7 Å². The van der Waals surface area contributed by atoms with Crippen molar-refractivity contribution in [2.45, 2.75) is 6.61 Å². The largest absolute Gasteiger partial charge is 0.486 e. The van der Waals surface area contributed by atoms with Crippen molar-refractivity contribution in [3.63, 3.8) is 0 Å². The minimum Gasteiger partial charge on any atom is -0.486 e. The van der Waals surface area contributed by atoms with Crippen molar-refractivity contribution in [2.24, 2.45) is 0 Å². The molecule has 70 valence electrons. The van der Waals surface area contributed by atoms with Crippen LogP contribution in [0.2, 0.25) is 0 Å². The van der Waals surface area contributed by atoms with Crippen molar-refractivity contribution >= 4 is 0 Å². The van der Waals surface area contributed by atoms with E-state index in [1.807, 2.05) is 0 Å². The topological polar surface area (TPSA) is 29.5 Å². The Hall–Kier alpha value is -1.35. The van der Waals surface area contributed by atoms with Crippen LogP contribution in [0.5, 0.6) is 5.75 Å². The van der Waals surface area contributed by atoms with Crippen LogP contribution in [0.15, 0.2) is 30.9 Å². The first kappa shape index (κ1) is 9.74. The number of benzene rings is 1. The number of hydrogen-bond donors (Lipinski definition) is 1. The predicted octanol–water partition coefficient (Wildman–Crippen LogP) is 1.88. The molecule has 0 aliphatic carbocycles. The zero-order valence-corrected chi connectivity index (χ0v) is 7.16. The van der Waals surface area contributed by atoms with Gasteiger partial charge >= 0.3 is 0 Å². The third kappa shape index (κ3) is 2.56. The molecule has 1 aromatic carbocycles. The van der Waals surface area contributed by atoms with Gasteiger partial charge in [0.15, 0.2) is 11.6 Å². The molecular formula is C10H11FO2. The summed E-state index contributed by atoms with van der Waals surface area (Å²) in [7, 11) is 0. The van der Waals surface area contributed by atoms with E-state index in [4.69, 9.17) is 9.84 Å². The summed E-state index contributed by atoms with van der Waals surface area (Å²) in [6, 6.07) is 4.25. The van der Waals surface area contributed by atoms with Crippen LogP contribution in [0.1, 0.15) is 5.56 Å². The number of ether oxygens (including phenoxy) is 1. The van der Waals surface area contributed by atoms with Crippen LogP contribution in [0.3, 0.4) is 0 Å². The Morgan fingerprint density at radius 3 is 2.92 bits per heavy atom. The molecule has 0 bridgehead atoms. The lowest BCUT2D eigenvalue weighted by Crippen LogP contribution is -1.96. The number of halogens is 1. The van der Waals surface area contributed by atoms with Gasteiger partial charge in [0.2, 0.25) is 0 Å². The summed E-state index contributed by atoms with van der Waals surface area (Å²) in [5, 5.41) is 8.78. The van der Waals surface area contributed by atoms with Gasteiger partial charge in [-0.2, -0.15) is 0 Å². The van der Waals surface area contributed by atoms with E-state index in [-0.39, 0.29) is 19.0 Å². The number of rotatable bonds is 4. The summed E-state index contributed by atoms with van der Waals surface area (Å²) in [6.07, 6.45) is 1.53. The molecule has 0 aliphatic rings. The second-order valence-corrected chi connectivity index (χ2v) is 2.52. The highest BCUT2D eigenvalue weighted by atomic mass is 19.1. The van der Waals surface area contributed by atoms with Crippen molar-refractivity contribution in [1.29, 1.82) is 0 Å². The quantitative estimate of drug-likeness (QED) is 0.720. The molecule has 1 aromatic rings. The van der Waals surface area contributed by atoms with E-state index in [0.29, 0.717) is 5.56 Å². The SMILES string of the molecule is C=CCOc1cc(CO)ccc1F. The Morgan fingerprint density at radius 2 is 2.31 bits per heavy atom. The summed E-state index contributed by atoms with van der Waals surface area (Å²) < 4.78 is 18.0. The highest BCUT2D eigenvalue weighted by molar-refractivity contribution is 5.30. The van der Waals surface area contributed by atoms with Crippen LogP contribution >= 0.6 is 0 Å². The van der Waals surface area contributed by atoms with E-state index in [2.05, 4.69) is 6.58 Å². The molecule has 0 fully saturated rings. The lowest BCUT2D eigenvalue weighted by molar-refractivity contribution is 0.279. The Labute approximate surface area is 76.3 Å². The summed E-state index contributed by atoms with van der Waals surface area (Å²) in [4.78, 5) is 0. The molecule has 2 nitrogen and oxygen atoms in total. The molecule has 0 heterocycles. The third-order valence-corrected chi connectivity index (χ3v) is 1.53. The molecule has 1 N–H and O–H groups in total. The zero-order valence-electron chi connectivity index (χ0n) is 7.16. The van der Waals surface area contributed by atoms with Gasteiger partial charge in [0.25, 0.3) is 0 Å². The average molecular weight is 182 g/mol. The molecule has 0 spiro atoms. The first-order chi connectivity index (χ1) is 6.27. The Kier molecular flexibility index (Phi) is 3.46. The van der Waals surface area contributed by atoms with Gasteiger partial charge in [-0.25, -0.2) is 4.39 Å². The van der Waals surface area contributed by atoms with Crippen molar-refractivity contribution in [3.05, 3.63) is 42.2 Å². The monoisotopic (exact) mass is 182 g/mol. The molecule has 0 atom stereocenters. The highest BCUT2D eigenvalue weighted by Gasteiger charge is 2.02. The predicted molar refractivity (Wildman–Crippen MR) is 48.0 cm³/mol. The van der Waals surface area contributed by atoms with Crippen molar-refractivity contribution in [3.8, 4) is 5.75 Å². The van der Waals surface area contributed by atoms with E-state index in [9.17, 15) is 4.39 Å². The smallest absolute Gasteiger partial charge is 0.165 e. The molecule has 1 rings (SSSR count). The van der Waals surface area contributed by atoms with Gasteiger partial charge < -0.3 is 9.84 Å². The minimum atomic E-state index is -0.431. The molecular weight excluding hydrogens is 171 g/mol. The van der Waals surface area contributed by atoms with Gasteiger partial charge in [-0.3, -0.25) is 0 Å². The summed E-state index contributed by atoms with van der Waals surface area (Å²) >= 11 is 0. The lowest BCUT2D eigenvalue weighted by Gasteiger charge is -2.05. The fraction of sp³-hybridized carbons (Fsp3) is 0.200. The van der Waals surface area contributed by atoms with Crippen molar-refractivity contribution < 1.29 is 14.2 Å². The van der Waals surface area contributed by atoms with Crippen LogP contribution in [-0.2, 0) is 6.61 Å². The summed E-state index contributed by atoms with van der Waals surface area (Å²) in [6.45, 7) is 3.59. The normalized spacial score (nSPS) is 9.69. The number of aliphatic hydroxyl groups excluding tert-OH is 1. The molecule has 0 radical (unpaired) electrons. The maximum atomic E-state index is 13.0. The molecule has 0 amide bonds. The van der Waals surface area contributed by atoms with E-state index >= 15 is 0 Å². The van der Waals surface area contributed by atoms with E-state index in [0.717, 1.165) is 0 Å². The third-order valence-electron chi connectivity index (χ3n) is 1.53. The average Bonchev–Trinajstić information content (AvgIpc) is 2.17. The number of hydrogen-bond acceptors (Lipinski definition) is 2. The second-order valence-electron chi connectivity index (χ2n) is 2.52. The second kappa shape index (κ2) is 4.62. The van der Waals surface area contributed by atoms with Gasteiger partial charge in [-0.1, -0.05) is 18.7 Å². The van der Waals surface area contributed by atoms with Crippen LogP contribution < -0.4 is 4.74 Å². The van der Waals surface area contributed by atoms with Gasteiger partial charge in [0.05, 0.1) is 6.61 Å². The lowest BCUT2D eigenvalue weighted by atomic mass is 10.2. The highest BCUT2D eigenvalue weighted by Crippen LogP contribution is 2.18. The van der Waals surface area contributed by atoms with Gasteiger partial charge in [0.1, 0.15) is 6.61 Å². The van der Waals surface area contributed by atoms with Gasteiger partial charge in [0, 0.05) is 0 Å². The van der Waals surface area contributed by atoms with E-state index in [1.54, 1.807) is 0 Å². The Bertz CT molecular complexity index is 297. The van der Waals surface area contributed by atoms with Crippen LogP contribution in [0, 0.1) is 5.82 Å². The maximum absolute atomic E-state index is 13.0. The van der Waals surface area contributed by atoms with Crippen molar-refractivity contribution in [2.75, 3.05) is 6.61 Å². The number of aliphatic hydroxyl groups is 1. The minimum absolute atomic E-state index is 0.120. The van der Waals surface area contributed by atoms with Gasteiger partial charge in [-0.05, 0) is 17.7 Å². The van der Waals surface area contributed by atoms with Crippen molar-refractivity contribution in [1.82, 2.24) is 0 Å². The molecule has 0 aliphatic heterocycles. The molecule has 3 heteroatoms.